The molecule has 0 N–H and O–H groups in total. The second kappa shape index (κ2) is 9.98. The molecule has 0 bridgehead atoms. The molecule has 78 valence electrons. The van der Waals surface area contributed by atoms with E-state index in [9.17, 15) is 13.0 Å². The van der Waals surface area contributed by atoms with Gasteiger partial charge in [0.1, 0.15) is 6.26 Å². The normalized spacial score (nSPS) is 11.3. The van der Waals surface area contributed by atoms with Gasteiger partial charge < -0.3 is 8.74 Å². The van der Waals surface area contributed by atoms with Crippen LogP contribution in [0.15, 0.2) is 12.3 Å². The maximum Gasteiger partial charge on any atom is 1.00 e. The molecule has 0 heterocycles. The van der Waals surface area contributed by atoms with Crippen molar-refractivity contribution in [3.8, 4) is 0 Å². The molecule has 0 aromatic heterocycles. The Hall–Kier alpha value is 0.450. The minimum Gasteiger partial charge on any atom is -0.716 e. The van der Waals surface area contributed by atoms with Crippen molar-refractivity contribution in [3.63, 3.8) is 0 Å². The molecule has 0 saturated heterocycles. The first-order chi connectivity index (χ1) is 6.06. The van der Waals surface area contributed by atoms with Crippen LogP contribution in [-0.4, -0.2) is 13.0 Å². The van der Waals surface area contributed by atoms with E-state index in [0.717, 1.165) is 31.9 Å². The van der Waals surface area contributed by atoms with E-state index >= 15 is 0 Å². The Morgan fingerprint density at radius 3 is 2.43 bits per heavy atom. The fraction of sp³-hybridized carbons (Fsp3) is 0.750. The van der Waals surface area contributed by atoms with Crippen molar-refractivity contribution < 1.29 is 46.7 Å². The van der Waals surface area contributed by atoms with Crippen LogP contribution in [0.5, 0.6) is 0 Å². The SMILES string of the molecule is CCCCCC/C=C/OS(=O)(=O)[O-].[Na+]. The third kappa shape index (κ3) is 14.9. The predicted molar refractivity (Wildman–Crippen MR) is 48.7 cm³/mol. The van der Waals surface area contributed by atoms with Gasteiger partial charge in [0.2, 0.25) is 0 Å². The fourth-order valence-electron chi connectivity index (χ4n) is 0.864. The zero-order chi connectivity index (χ0) is 10.2. The van der Waals surface area contributed by atoms with Crippen molar-refractivity contribution in [1.29, 1.82) is 0 Å². The maximum absolute atomic E-state index is 9.94. The van der Waals surface area contributed by atoms with E-state index in [-0.39, 0.29) is 29.6 Å². The van der Waals surface area contributed by atoms with E-state index in [1.165, 1.54) is 6.42 Å². The van der Waals surface area contributed by atoms with Crippen LogP contribution in [0.25, 0.3) is 0 Å². The van der Waals surface area contributed by atoms with Gasteiger partial charge in [-0.2, -0.15) is 0 Å². The second-order valence-corrected chi connectivity index (χ2v) is 3.73. The molecular formula is C8H15NaO4S. The van der Waals surface area contributed by atoms with Crippen molar-refractivity contribution in [3.05, 3.63) is 12.3 Å². The standard InChI is InChI=1S/C8H16O4S.Na/c1-2-3-4-5-6-7-8-12-13(9,10)11;/h7-8H,2-6H2,1H3,(H,9,10,11);/q;+1/p-1/b8-7+;. The summed E-state index contributed by atoms with van der Waals surface area (Å²) in [5.41, 5.74) is 0. The molecule has 0 atom stereocenters. The van der Waals surface area contributed by atoms with E-state index in [1.807, 2.05) is 0 Å². The molecular weight excluding hydrogens is 215 g/mol. The average molecular weight is 230 g/mol. The van der Waals surface area contributed by atoms with E-state index in [4.69, 9.17) is 0 Å². The summed E-state index contributed by atoms with van der Waals surface area (Å²) in [5.74, 6) is 0. The quantitative estimate of drug-likeness (QED) is 0.184. The Morgan fingerprint density at radius 1 is 1.29 bits per heavy atom. The Morgan fingerprint density at radius 2 is 1.93 bits per heavy atom. The summed E-state index contributed by atoms with van der Waals surface area (Å²) in [7, 11) is -4.56. The molecule has 0 rings (SSSR count). The molecule has 4 nitrogen and oxygen atoms in total. The first-order valence-corrected chi connectivity index (χ1v) is 5.68. The molecule has 0 aromatic carbocycles. The molecule has 6 heteroatoms. The van der Waals surface area contributed by atoms with Crippen LogP contribution >= 0.6 is 0 Å². The van der Waals surface area contributed by atoms with E-state index in [1.54, 1.807) is 6.08 Å². The predicted octanol–water partition coefficient (Wildman–Crippen LogP) is -1.05. The van der Waals surface area contributed by atoms with Gasteiger partial charge in [-0.05, 0) is 18.9 Å². The van der Waals surface area contributed by atoms with Crippen LogP contribution in [0.1, 0.15) is 39.0 Å². The molecule has 0 spiro atoms. The molecule has 0 aliphatic rings. The zero-order valence-electron chi connectivity index (χ0n) is 8.73. The van der Waals surface area contributed by atoms with Gasteiger partial charge in [0.25, 0.3) is 10.4 Å². The van der Waals surface area contributed by atoms with Crippen LogP contribution < -0.4 is 29.6 Å². The summed E-state index contributed by atoms with van der Waals surface area (Å²) in [4.78, 5) is 0. The van der Waals surface area contributed by atoms with Gasteiger partial charge in [0.15, 0.2) is 0 Å². The fourth-order valence-corrected chi connectivity index (χ4v) is 1.08. The summed E-state index contributed by atoms with van der Waals surface area (Å²) < 4.78 is 33.7. The van der Waals surface area contributed by atoms with Crippen molar-refractivity contribution in [2.24, 2.45) is 0 Å². The smallest absolute Gasteiger partial charge is 0.716 e. The van der Waals surface area contributed by atoms with Gasteiger partial charge in [-0.25, -0.2) is 8.42 Å². The van der Waals surface area contributed by atoms with Gasteiger partial charge in [-0.15, -0.1) is 0 Å². The Labute approximate surface area is 108 Å². The van der Waals surface area contributed by atoms with Gasteiger partial charge in [-0.1, -0.05) is 26.2 Å². The van der Waals surface area contributed by atoms with E-state index < -0.39 is 10.4 Å². The first-order valence-electron chi connectivity index (χ1n) is 4.35. The zero-order valence-corrected chi connectivity index (χ0v) is 11.5. The van der Waals surface area contributed by atoms with Crippen molar-refractivity contribution in [1.82, 2.24) is 0 Å². The average Bonchev–Trinajstić information content (AvgIpc) is 2.01. The minimum atomic E-state index is -4.56. The Bertz CT molecular complexity index is 236. The van der Waals surface area contributed by atoms with Gasteiger partial charge in [-0.3, -0.25) is 0 Å². The molecule has 0 saturated carbocycles. The summed E-state index contributed by atoms with van der Waals surface area (Å²) in [6.07, 6.45) is 7.68. The number of hydrogen-bond donors (Lipinski definition) is 0. The third-order valence-corrected chi connectivity index (χ3v) is 1.84. The summed E-state index contributed by atoms with van der Waals surface area (Å²) in [5, 5.41) is 0. The number of allylic oxidation sites excluding steroid dienone is 1. The number of unbranched alkanes of at least 4 members (excludes halogenated alkanes) is 4. The molecule has 14 heavy (non-hydrogen) atoms. The summed E-state index contributed by atoms with van der Waals surface area (Å²) >= 11 is 0. The van der Waals surface area contributed by atoms with Crippen molar-refractivity contribution >= 4 is 10.4 Å². The molecule has 0 radical (unpaired) electrons. The van der Waals surface area contributed by atoms with E-state index in [0.29, 0.717) is 0 Å². The maximum atomic E-state index is 9.94. The van der Waals surface area contributed by atoms with Crippen LogP contribution in [0.2, 0.25) is 0 Å². The van der Waals surface area contributed by atoms with E-state index in [2.05, 4.69) is 11.1 Å². The van der Waals surface area contributed by atoms with Gasteiger partial charge in [0, 0.05) is 0 Å². The Kier molecular flexibility index (Phi) is 12.0. The summed E-state index contributed by atoms with van der Waals surface area (Å²) in [6.45, 7) is 2.11. The molecule has 0 fully saturated rings. The number of hydrogen-bond acceptors (Lipinski definition) is 4. The summed E-state index contributed by atoms with van der Waals surface area (Å²) in [6, 6.07) is 0. The largest absolute Gasteiger partial charge is 1.00 e. The molecule has 0 amide bonds. The first kappa shape index (κ1) is 16.9. The Balaban J connectivity index is 0. The van der Waals surface area contributed by atoms with Crippen LogP contribution in [0.4, 0.5) is 0 Å². The van der Waals surface area contributed by atoms with Crippen LogP contribution in [0, 0.1) is 0 Å². The van der Waals surface area contributed by atoms with Gasteiger partial charge in [0.05, 0.1) is 0 Å². The molecule has 0 aromatic rings. The number of rotatable bonds is 7. The van der Waals surface area contributed by atoms with Crippen molar-refractivity contribution in [2.75, 3.05) is 0 Å². The van der Waals surface area contributed by atoms with Crippen molar-refractivity contribution in [2.45, 2.75) is 39.0 Å². The third-order valence-electron chi connectivity index (χ3n) is 1.49. The van der Waals surface area contributed by atoms with Crippen LogP contribution in [-0.2, 0) is 14.6 Å². The van der Waals surface area contributed by atoms with Crippen LogP contribution in [0.3, 0.4) is 0 Å². The minimum absolute atomic E-state index is 0. The molecule has 0 unspecified atom stereocenters. The molecule has 0 aliphatic carbocycles. The monoisotopic (exact) mass is 230 g/mol. The topological polar surface area (TPSA) is 66.4 Å². The molecule has 0 aliphatic heterocycles. The van der Waals surface area contributed by atoms with Gasteiger partial charge >= 0.3 is 29.6 Å². The second-order valence-electron chi connectivity index (χ2n) is 2.73.